The summed E-state index contributed by atoms with van der Waals surface area (Å²) in [5.41, 5.74) is 9.81. The average Bonchev–Trinajstić information content (AvgIpc) is 3.62. The van der Waals surface area contributed by atoms with E-state index in [0.29, 0.717) is 42.6 Å². The van der Waals surface area contributed by atoms with Crippen molar-refractivity contribution in [3.63, 3.8) is 0 Å². The highest BCUT2D eigenvalue weighted by Crippen LogP contribution is 2.24. The SMILES string of the molecule is COCCOc1cnc2c(c1)CN(CCn1ncc3c1nc(N)n1nc(-c4ccco4)nc31)CC2. The summed E-state index contributed by atoms with van der Waals surface area (Å²) < 4.78 is 19.6. The molecule has 12 heteroatoms. The number of hydrogen-bond donors (Lipinski definition) is 1. The summed E-state index contributed by atoms with van der Waals surface area (Å²) in [6, 6.07) is 5.68. The number of nitrogens with two attached hydrogens (primary N) is 1. The fourth-order valence-corrected chi connectivity index (χ4v) is 4.34. The molecule has 0 unspecified atom stereocenters. The highest BCUT2D eigenvalue weighted by atomic mass is 16.5. The maximum Gasteiger partial charge on any atom is 0.225 e. The van der Waals surface area contributed by atoms with Gasteiger partial charge in [0, 0.05) is 38.9 Å². The smallest absolute Gasteiger partial charge is 0.225 e. The van der Waals surface area contributed by atoms with Crippen molar-refractivity contribution >= 4 is 22.6 Å². The lowest BCUT2D eigenvalue weighted by molar-refractivity contribution is 0.146. The number of rotatable bonds is 8. The van der Waals surface area contributed by atoms with E-state index in [2.05, 4.69) is 36.1 Å². The molecular weight excluding hydrogens is 450 g/mol. The highest BCUT2D eigenvalue weighted by molar-refractivity contribution is 5.90. The number of ether oxygens (including phenoxy) is 2. The zero-order valence-corrected chi connectivity index (χ0v) is 19.3. The van der Waals surface area contributed by atoms with Gasteiger partial charge in [-0.25, -0.2) is 9.67 Å². The van der Waals surface area contributed by atoms with Gasteiger partial charge in [-0.3, -0.25) is 9.88 Å². The molecular formula is C23H25N9O3. The summed E-state index contributed by atoms with van der Waals surface area (Å²) in [6.07, 6.45) is 6.03. The molecule has 0 amide bonds. The summed E-state index contributed by atoms with van der Waals surface area (Å²) in [5.74, 6) is 2.04. The van der Waals surface area contributed by atoms with Crippen molar-refractivity contribution in [3.05, 3.63) is 48.1 Å². The van der Waals surface area contributed by atoms with Crippen LogP contribution in [0.3, 0.4) is 0 Å². The first-order valence-corrected chi connectivity index (χ1v) is 11.4. The maximum atomic E-state index is 6.21. The number of methoxy groups -OCH3 is 1. The third-order valence-corrected chi connectivity index (χ3v) is 6.12. The van der Waals surface area contributed by atoms with Gasteiger partial charge < -0.3 is 19.6 Å². The molecule has 2 N–H and O–H groups in total. The monoisotopic (exact) mass is 475 g/mol. The van der Waals surface area contributed by atoms with Crippen LogP contribution in [-0.2, 0) is 24.2 Å². The predicted molar refractivity (Wildman–Crippen MR) is 127 cm³/mol. The quantitative estimate of drug-likeness (QED) is 0.331. The van der Waals surface area contributed by atoms with Crippen LogP contribution in [0.5, 0.6) is 5.75 Å². The van der Waals surface area contributed by atoms with Gasteiger partial charge in [0.15, 0.2) is 17.1 Å². The van der Waals surface area contributed by atoms with Crippen molar-refractivity contribution in [1.29, 1.82) is 0 Å². The second-order valence-corrected chi connectivity index (χ2v) is 8.37. The maximum absolute atomic E-state index is 6.21. The summed E-state index contributed by atoms with van der Waals surface area (Å²) in [5, 5.41) is 9.80. The number of hydrogen-bond acceptors (Lipinski definition) is 10. The van der Waals surface area contributed by atoms with E-state index in [1.165, 1.54) is 10.1 Å². The molecule has 6 rings (SSSR count). The standard InChI is InChI=1S/C23H25N9O3/c1-33-9-10-34-16-11-15-14-30(5-4-18(15)25-12-16)6-7-31-21-17(13-26-31)22-27-20(19-3-2-8-35-19)29-32(22)23(24)28-21/h2-3,8,11-13H,4-7,9-10,14H2,1H3,(H2,24,28). The Bertz CT molecular complexity index is 1470. The topological polar surface area (TPSA) is 135 Å². The lowest BCUT2D eigenvalue weighted by Gasteiger charge is -2.28. The minimum atomic E-state index is 0.249. The number of pyridine rings is 1. The van der Waals surface area contributed by atoms with E-state index in [0.717, 1.165) is 42.9 Å². The van der Waals surface area contributed by atoms with E-state index in [9.17, 15) is 0 Å². The first-order chi connectivity index (χ1) is 17.2. The van der Waals surface area contributed by atoms with Crippen LogP contribution < -0.4 is 10.5 Å². The van der Waals surface area contributed by atoms with Gasteiger partial charge in [-0.2, -0.15) is 14.6 Å². The molecule has 0 aromatic carbocycles. The fourth-order valence-electron chi connectivity index (χ4n) is 4.34. The highest BCUT2D eigenvalue weighted by Gasteiger charge is 2.20. The normalized spacial score (nSPS) is 14.1. The van der Waals surface area contributed by atoms with Crippen LogP contribution >= 0.6 is 0 Å². The molecule has 180 valence electrons. The van der Waals surface area contributed by atoms with Crippen LogP contribution in [0.15, 0.2) is 41.3 Å². The minimum absolute atomic E-state index is 0.249. The van der Waals surface area contributed by atoms with Gasteiger partial charge in [0.05, 0.1) is 37.2 Å². The van der Waals surface area contributed by atoms with Gasteiger partial charge >= 0.3 is 0 Å². The third-order valence-electron chi connectivity index (χ3n) is 6.12. The Morgan fingerprint density at radius 3 is 2.94 bits per heavy atom. The predicted octanol–water partition coefficient (Wildman–Crippen LogP) is 1.79. The molecule has 5 aromatic rings. The molecule has 1 aliphatic rings. The van der Waals surface area contributed by atoms with E-state index < -0.39 is 0 Å². The summed E-state index contributed by atoms with van der Waals surface area (Å²) in [7, 11) is 1.66. The van der Waals surface area contributed by atoms with Crippen molar-refractivity contribution < 1.29 is 13.9 Å². The van der Waals surface area contributed by atoms with E-state index in [1.807, 2.05) is 4.68 Å². The van der Waals surface area contributed by atoms with Gasteiger partial charge in [0.2, 0.25) is 11.8 Å². The Labute approximate surface area is 200 Å². The zero-order valence-electron chi connectivity index (χ0n) is 19.3. The summed E-state index contributed by atoms with van der Waals surface area (Å²) in [4.78, 5) is 16.1. The van der Waals surface area contributed by atoms with Gasteiger partial charge in [0.1, 0.15) is 12.4 Å². The summed E-state index contributed by atoms with van der Waals surface area (Å²) in [6.45, 7) is 4.26. The molecule has 0 spiro atoms. The van der Waals surface area contributed by atoms with E-state index in [4.69, 9.17) is 19.6 Å². The van der Waals surface area contributed by atoms with Crippen LogP contribution in [-0.4, -0.2) is 72.7 Å². The molecule has 0 aliphatic carbocycles. The van der Waals surface area contributed by atoms with E-state index in [1.54, 1.807) is 37.9 Å². The van der Waals surface area contributed by atoms with Crippen LogP contribution in [0.25, 0.3) is 28.3 Å². The third kappa shape index (κ3) is 4.06. The number of nitrogen functional groups attached to an aromatic ring is 1. The first-order valence-electron chi connectivity index (χ1n) is 11.4. The molecule has 6 heterocycles. The van der Waals surface area contributed by atoms with E-state index >= 15 is 0 Å². The lowest BCUT2D eigenvalue weighted by Crippen LogP contribution is -2.33. The Balaban J connectivity index is 1.19. The molecule has 0 fully saturated rings. The molecule has 0 radical (unpaired) electrons. The van der Waals surface area contributed by atoms with Gasteiger partial charge in [-0.15, -0.1) is 5.10 Å². The largest absolute Gasteiger partial charge is 0.490 e. The summed E-state index contributed by atoms with van der Waals surface area (Å²) >= 11 is 0. The van der Waals surface area contributed by atoms with Gasteiger partial charge in [-0.1, -0.05) is 0 Å². The minimum Gasteiger partial charge on any atom is -0.490 e. The number of fused-ring (bicyclic) bond motifs is 4. The molecule has 5 aromatic heterocycles. The average molecular weight is 476 g/mol. The Morgan fingerprint density at radius 2 is 2.09 bits per heavy atom. The molecule has 35 heavy (non-hydrogen) atoms. The Hall–Kier alpha value is -4.03. The van der Waals surface area contributed by atoms with E-state index in [-0.39, 0.29) is 5.95 Å². The van der Waals surface area contributed by atoms with Gasteiger partial charge in [-0.05, 0) is 23.8 Å². The van der Waals surface area contributed by atoms with Crippen molar-refractivity contribution in [2.24, 2.45) is 0 Å². The molecule has 0 bridgehead atoms. The Kier molecular flexibility index (Phi) is 5.51. The fraction of sp³-hybridized carbons (Fsp3) is 0.348. The number of furan rings is 1. The van der Waals surface area contributed by atoms with Gasteiger partial charge in [0.25, 0.3) is 0 Å². The molecule has 0 atom stereocenters. The van der Waals surface area contributed by atoms with Crippen LogP contribution in [0.2, 0.25) is 0 Å². The molecule has 12 nitrogen and oxygen atoms in total. The van der Waals surface area contributed by atoms with Crippen LogP contribution in [0, 0.1) is 0 Å². The zero-order chi connectivity index (χ0) is 23.8. The molecule has 0 saturated heterocycles. The van der Waals surface area contributed by atoms with Crippen molar-refractivity contribution in [1.82, 2.24) is 39.2 Å². The first kappa shape index (κ1) is 21.5. The molecule has 0 saturated carbocycles. The molecule has 1 aliphatic heterocycles. The van der Waals surface area contributed by atoms with Crippen molar-refractivity contribution in [2.75, 3.05) is 39.1 Å². The van der Waals surface area contributed by atoms with Crippen molar-refractivity contribution in [3.8, 4) is 17.3 Å². The second-order valence-electron chi connectivity index (χ2n) is 8.37. The van der Waals surface area contributed by atoms with Crippen LogP contribution in [0.4, 0.5) is 5.95 Å². The number of nitrogens with zero attached hydrogens (tertiary/aromatic N) is 8. The Morgan fingerprint density at radius 1 is 1.14 bits per heavy atom. The lowest BCUT2D eigenvalue weighted by atomic mass is 10.1. The van der Waals surface area contributed by atoms with Crippen LogP contribution in [0.1, 0.15) is 11.3 Å². The number of anilines is 1. The van der Waals surface area contributed by atoms with Crippen molar-refractivity contribution in [2.45, 2.75) is 19.5 Å². The second kappa shape index (κ2) is 8.96. The number of aromatic nitrogens is 7.